The van der Waals surface area contributed by atoms with E-state index in [9.17, 15) is 0 Å². The fourth-order valence-corrected chi connectivity index (χ4v) is 2.65. The zero-order chi connectivity index (χ0) is 12.9. The summed E-state index contributed by atoms with van der Waals surface area (Å²) in [5.41, 5.74) is 0. The molecule has 0 heterocycles. The molecule has 0 aromatic heterocycles. The Morgan fingerprint density at radius 3 is 1.50 bits per heavy atom. The minimum Gasteiger partial charge on any atom is -0.0651 e. The van der Waals surface area contributed by atoms with Crippen LogP contribution in [0.25, 0.3) is 0 Å². The van der Waals surface area contributed by atoms with Gasteiger partial charge in [-0.1, -0.05) is 61.8 Å². The molecule has 0 rings (SSSR count). The average molecular weight is 226 g/mol. The van der Waals surface area contributed by atoms with Crippen LogP contribution in [-0.2, 0) is 0 Å². The molecule has 0 heteroatoms. The lowest BCUT2D eigenvalue weighted by Gasteiger charge is -2.34. The molecule has 0 radical (unpaired) electrons. The van der Waals surface area contributed by atoms with Crippen LogP contribution in [0.2, 0.25) is 0 Å². The lowest BCUT2D eigenvalue weighted by molar-refractivity contribution is 0.159. The summed E-state index contributed by atoms with van der Waals surface area (Å²) in [7, 11) is 0. The third kappa shape index (κ3) is 4.89. The van der Waals surface area contributed by atoms with Gasteiger partial charge in [-0.05, 0) is 41.9 Å². The molecule has 0 amide bonds. The number of hydrogen-bond donors (Lipinski definition) is 0. The highest BCUT2D eigenvalue weighted by molar-refractivity contribution is 4.75. The molecule has 0 saturated carbocycles. The fraction of sp³-hybridized carbons (Fsp3) is 1.00. The molecule has 0 aliphatic carbocycles. The Hall–Kier alpha value is 0. The molecule has 0 saturated heterocycles. The Morgan fingerprint density at radius 2 is 1.19 bits per heavy atom. The van der Waals surface area contributed by atoms with Crippen LogP contribution >= 0.6 is 0 Å². The first kappa shape index (κ1) is 16.0. The zero-order valence-corrected chi connectivity index (χ0v) is 12.9. The van der Waals surface area contributed by atoms with Crippen LogP contribution in [0, 0.1) is 35.5 Å². The standard InChI is InChI=1S/C16H34/c1-9-13(6)14(7)10-16(12(4)5)15(8)11(2)3/h11-16H,9-10H2,1-8H3. The summed E-state index contributed by atoms with van der Waals surface area (Å²) in [5.74, 6) is 5.13. The first-order valence-corrected chi connectivity index (χ1v) is 7.31. The van der Waals surface area contributed by atoms with E-state index >= 15 is 0 Å². The van der Waals surface area contributed by atoms with E-state index in [1.54, 1.807) is 0 Å². The average Bonchev–Trinajstić information content (AvgIpc) is 2.22. The van der Waals surface area contributed by atoms with Gasteiger partial charge in [0.1, 0.15) is 0 Å². The van der Waals surface area contributed by atoms with Gasteiger partial charge in [0.25, 0.3) is 0 Å². The molecule has 0 aliphatic rings. The van der Waals surface area contributed by atoms with Gasteiger partial charge in [0.05, 0.1) is 0 Å². The SMILES string of the molecule is CCC(C)C(C)CC(C(C)C)C(C)C(C)C. The van der Waals surface area contributed by atoms with Gasteiger partial charge in [-0.15, -0.1) is 0 Å². The summed E-state index contributed by atoms with van der Waals surface area (Å²) < 4.78 is 0. The Bertz CT molecular complexity index is 169. The largest absolute Gasteiger partial charge is 0.0651 e. The van der Waals surface area contributed by atoms with Gasteiger partial charge in [-0.2, -0.15) is 0 Å². The van der Waals surface area contributed by atoms with E-state index in [0.717, 1.165) is 35.5 Å². The van der Waals surface area contributed by atoms with Crippen LogP contribution in [0.1, 0.15) is 68.2 Å². The van der Waals surface area contributed by atoms with Gasteiger partial charge in [0.2, 0.25) is 0 Å². The Morgan fingerprint density at radius 1 is 0.688 bits per heavy atom. The molecule has 4 unspecified atom stereocenters. The van der Waals surface area contributed by atoms with E-state index in [1.165, 1.54) is 12.8 Å². The highest BCUT2D eigenvalue weighted by atomic mass is 14.3. The second-order valence-corrected chi connectivity index (χ2v) is 6.61. The monoisotopic (exact) mass is 226 g/mol. The van der Waals surface area contributed by atoms with E-state index in [4.69, 9.17) is 0 Å². The predicted octanol–water partition coefficient (Wildman–Crippen LogP) is 5.62. The summed E-state index contributed by atoms with van der Waals surface area (Å²) in [4.78, 5) is 0. The third-order valence-electron chi connectivity index (χ3n) is 4.84. The molecule has 0 bridgehead atoms. The van der Waals surface area contributed by atoms with E-state index in [1.807, 2.05) is 0 Å². The molecule has 4 atom stereocenters. The summed E-state index contributed by atoms with van der Waals surface area (Å²) in [6, 6.07) is 0. The molecule has 0 nitrogen and oxygen atoms in total. The van der Waals surface area contributed by atoms with Gasteiger partial charge in [-0.25, -0.2) is 0 Å². The summed E-state index contributed by atoms with van der Waals surface area (Å²) in [6.45, 7) is 19.1. The smallest absolute Gasteiger partial charge is 0.0360 e. The van der Waals surface area contributed by atoms with Crippen molar-refractivity contribution < 1.29 is 0 Å². The van der Waals surface area contributed by atoms with Crippen molar-refractivity contribution in [2.45, 2.75) is 68.2 Å². The van der Waals surface area contributed by atoms with Crippen LogP contribution in [0.15, 0.2) is 0 Å². The second kappa shape index (κ2) is 7.35. The van der Waals surface area contributed by atoms with Crippen molar-refractivity contribution >= 4 is 0 Å². The van der Waals surface area contributed by atoms with Crippen molar-refractivity contribution in [2.24, 2.45) is 35.5 Å². The fourth-order valence-electron chi connectivity index (χ4n) is 2.65. The van der Waals surface area contributed by atoms with Crippen LogP contribution in [0.5, 0.6) is 0 Å². The Labute approximate surface area is 104 Å². The highest BCUT2D eigenvalue weighted by Gasteiger charge is 2.26. The van der Waals surface area contributed by atoms with Crippen molar-refractivity contribution in [2.75, 3.05) is 0 Å². The van der Waals surface area contributed by atoms with E-state index in [2.05, 4.69) is 55.4 Å². The number of rotatable bonds is 7. The first-order valence-electron chi connectivity index (χ1n) is 7.31. The maximum absolute atomic E-state index is 2.44. The van der Waals surface area contributed by atoms with Crippen molar-refractivity contribution in [1.82, 2.24) is 0 Å². The van der Waals surface area contributed by atoms with Crippen molar-refractivity contribution in [3.63, 3.8) is 0 Å². The second-order valence-electron chi connectivity index (χ2n) is 6.61. The van der Waals surface area contributed by atoms with Gasteiger partial charge < -0.3 is 0 Å². The van der Waals surface area contributed by atoms with Gasteiger partial charge in [0.15, 0.2) is 0 Å². The molecule has 0 spiro atoms. The van der Waals surface area contributed by atoms with Crippen molar-refractivity contribution in [3.8, 4) is 0 Å². The van der Waals surface area contributed by atoms with E-state index in [0.29, 0.717) is 0 Å². The van der Waals surface area contributed by atoms with E-state index < -0.39 is 0 Å². The predicted molar refractivity (Wildman–Crippen MR) is 75.6 cm³/mol. The number of hydrogen-bond acceptors (Lipinski definition) is 0. The molecule has 0 aliphatic heterocycles. The lowest BCUT2D eigenvalue weighted by atomic mass is 9.72. The molecule has 0 aromatic carbocycles. The Kier molecular flexibility index (Phi) is 7.35. The van der Waals surface area contributed by atoms with Gasteiger partial charge in [0, 0.05) is 0 Å². The summed E-state index contributed by atoms with van der Waals surface area (Å²) in [6.07, 6.45) is 2.73. The zero-order valence-electron chi connectivity index (χ0n) is 12.9. The van der Waals surface area contributed by atoms with Crippen LogP contribution in [0.3, 0.4) is 0 Å². The maximum Gasteiger partial charge on any atom is -0.0360 e. The summed E-state index contributed by atoms with van der Waals surface area (Å²) >= 11 is 0. The minimum absolute atomic E-state index is 0.816. The molecule has 0 fully saturated rings. The van der Waals surface area contributed by atoms with E-state index in [-0.39, 0.29) is 0 Å². The van der Waals surface area contributed by atoms with Gasteiger partial charge in [-0.3, -0.25) is 0 Å². The highest BCUT2D eigenvalue weighted by Crippen LogP contribution is 2.34. The molecule has 16 heavy (non-hydrogen) atoms. The third-order valence-corrected chi connectivity index (χ3v) is 4.84. The molecule has 0 N–H and O–H groups in total. The van der Waals surface area contributed by atoms with Crippen LogP contribution in [0.4, 0.5) is 0 Å². The van der Waals surface area contributed by atoms with Crippen LogP contribution in [-0.4, -0.2) is 0 Å². The van der Waals surface area contributed by atoms with Crippen LogP contribution < -0.4 is 0 Å². The van der Waals surface area contributed by atoms with Crippen molar-refractivity contribution in [1.29, 1.82) is 0 Å². The molecule has 98 valence electrons. The van der Waals surface area contributed by atoms with Gasteiger partial charge >= 0.3 is 0 Å². The molecular weight excluding hydrogens is 192 g/mol. The lowest BCUT2D eigenvalue weighted by Crippen LogP contribution is -2.25. The normalized spacial score (nSPS) is 19.9. The first-order chi connectivity index (χ1) is 7.31. The molecule has 0 aromatic rings. The Balaban J connectivity index is 4.45. The van der Waals surface area contributed by atoms with Crippen molar-refractivity contribution in [3.05, 3.63) is 0 Å². The summed E-state index contributed by atoms with van der Waals surface area (Å²) in [5, 5.41) is 0. The molecular formula is C16H34. The quantitative estimate of drug-likeness (QED) is 0.528. The maximum atomic E-state index is 2.44. The minimum atomic E-state index is 0.816. The topological polar surface area (TPSA) is 0 Å².